The Balaban J connectivity index is 1.44. The second-order valence-corrected chi connectivity index (χ2v) is 10.3. The van der Waals surface area contributed by atoms with E-state index in [1.807, 2.05) is 6.07 Å². The van der Waals surface area contributed by atoms with Crippen LogP contribution in [0.15, 0.2) is 58.9 Å². The maximum atomic E-state index is 12.6. The van der Waals surface area contributed by atoms with E-state index in [0.717, 1.165) is 37.0 Å². The highest BCUT2D eigenvalue weighted by Gasteiger charge is 2.21. The monoisotopic (exact) mass is 473 g/mol. The van der Waals surface area contributed by atoms with Crippen LogP contribution in [0.4, 0.5) is 0 Å². The van der Waals surface area contributed by atoms with Crippen LogP contribution < -0.4 is 19.7 Å². The van der Waals surface area contributed by atoms with Crippen LogP contribution in [0.2, 0.25) is 0 Å². The van der Waals surface area contributed by atoms with Gasteiger partial charge in [-0.15, -0.1) is 16.2 Å². The number of sulfonamides is 1. The van der Waals surface area contributed by atoms with Gasteiger partial charge in [0.1, 0.15) is 4.21 Å². The van der Waals surface area contributed by atoms with Crippen LogP contribution in [-0.4, -0.2) is 32.5 Å². The number of hydrogen-bond acceptors (Lipinski definition) is 7. The topological polar surface area (TPSA) is 107 Å². The van der Waals surface area contributed by atoms with Gasteiger partial charge < -0.3 is 9.47 Å². The van der Waals surface area contributed by atoms with Crippen molar-refractivity contribution in [1.82, 2.24) is 15.2 Å². The Bertz CT molecular complexity index is 1190. The summed E-state index contributed by atoms with van der Waals surface area (Å²) in [6.45, 7) is 0. The van der Waals surface area contributed by atoms with Gasteiger partial charge in [-0.3, -0.25) is 15.2 Å². The first-order valence-corrected chi connectivity index (χ1v) is 12.4. The Labute approximate surface area is 190 Å². The zero-order valence-corrected chi connectivity index (χ0v) is 19.0. The number of hydrazine groups is 1. The van der Waals surface area contributed by atoms with Gasteiger partial charge in [0, 0.05) is 11.8 Å². The van der Waals surface area contributed by atoms with Gasteiger partial charge in [0.25, 0.3) is 15.9 Å². The minimum absolute atomic E-state index is 0.0680. The third-order valence-electron chi connectivity index (χ3n) is 5.08. The molecular formula is C22H23N3O5S2. The van der Waals surface area contributed by atoms with E-state index in [4.69, 9.17) is 9.47 Å². The molecule has 0 saturated heterocycles. The lowest BCUT2D eigenvalue weighted by molar-refractivity contribution is 0.0944. The van der Waals surface area contributed by atoms with E-state index in [1.165, 1.54) is 13.2 Å². The van der Waals surface area contributed by atoms with Crippen LogP contribution in [0.1, 0.15) is 36.0 Å². The predicted molar refractivity (Wildman–Crippen MR) is 121 cm³/mol. The molecule has 1 aliphatic carbocycles. The highest BCUT2D eigenvalue weighted by molar-refractivity contribution is 7.91. The SMILES string of the molecule is COc1ccc(C(=O)NNS(=O)(=O)c2ccc(-c3ccccn3)s2)cc1OC1CCCC1. The van der Waals surface area contributed by atoms with E-state index in [0.29, 0.717) is 22.1 Å². The number of amides is 1. The first kappa shape index (κ1) is 22.3. The zero-order chi connectivity index (χ0) is 22.6. The number of hydrogen-bond donors (Lipinski definition) is 2. The van der Waals surface area contributed by atoms with Crippen LogP contribution in [0.3, 0.4) is 0 Å². The molecule has 0 unspecified atom stereocenters. The number of benzene rings is 1. The van der Waals surface area contributed by atoms with Crippen molar-refractivity contribution >= 4 is 27.3 Å². The molecule has 4 rings (SSSR count). The van der Waals surface area contributed by atoms with Crippen molar-refractivity contribution in [1.29, 1.82) is 0 Å². The largest absolute Gasteiger partial charge is 0.493 e. The highest BCUT2D eigenvalue weighted by Crippen LogP contribution is 2.32. The smallest absolute Gasteiger partial charge is 0.266 e. The molecular weight excluding hydrogens is 450 g/mol. The summed E-state index contributed by atoms with van der Waals surface area (Å²) in [6, 6.07) is 13.3. The average molecular weight is 474 g/mol. The van der Waals surface area contributed by atoms with Gasteiger partial charge in [0.15, 0.2) is 11.5 Å². The van der Waals surface area contributed by atoms with Gasteiger partial charge in [-0.1, -0.05) is 6.07 Å². The Kier molecular flexibility index (Phi) is 6.73. The molecule has 0 bridgehead atoms. The molecule has 1 amide bonds. The molecule has 0 atom stereocenters. The van der Waals surface area contributed by atoms with Crippen molar-refractivity contribution < 1.29 is 22.7 Å². The fourth-order valence-electron chi connectivity index (χ4n) is 3.44. The summed E-state index contributed by atoms with van der Waals surface area (Å²) in [4.78, 5) is 19.7. The number of nitrogens with zero attached hydrogens (tertiary/aromatic N) is 1. The van der Waals surface area contributed by atoms with E-state index in [9.17, 15) is 13.2 Å². The summed E-state index contributed by atoms with van der Waals surface area (Å²) in [5.41, 5.74) is 3.19. The molecule has 1 fully saturated rings. The Hall–Kier alpha value is -2.95. The summed E-state index contributed by atoms with van der Waals surface area (Å²) >= 11 is 1.06. The molecule has 10 heteroatoms. The van der Waals surface area contributed by atoms with Gasteiger partial charge in [-0.2, -0.15) is 0 Å². The maximum Gasteiger partial charge on any atom is 0.266 e. The number of rotatable bonds is 8. The summed E-state index contributed by atoms with van der Waals surface area (Å²) in [5, 5.41) is 0. The van der Waals surface area contributed by atoms with Crippen LogP contribution in [-0.2, 0) is 10.0 Å². The molecule has 3 aromatic rings. The van der Waals surface area contributed by atoms with Crippen LogP contribution in [0.5, 0.6) is 11.5 Å². The minimum atomic E-state index is -3.94. The normalized spacial score (nSPS) is 14.3. The lowest BCUT2D eigenvalue weighted by Gasteiger charge is -2.16. The summed E-state index contributed by atoms with van der Waals surface area (Å²) in [7, 11) is -2.41. The molecule has 0 spiro atoms. The standard InChI is InChI=1S/C22H23N3O5S2/c1-29-18-10-9-15(14-19(18)30-16-6-2-3-7-16)22(26)24-25-32(27,28)21-12-11-20(31-21)17-8-4-5-13-23-17/h4-5,8-14,16,25H,2-3,6-7H2,1H3,(H,24,26). The zero-order valence-electron chi connectivity index (χ0n) is 17.4. The second-order valence-electron chi connectivity index (χ2n) is 7.28. The van der Waals surface area contributed by atoms with Gasteiger partial charge in [-0.05, 0) is 68.1 Å². The Morgan fingerprint density at radius 1 is 1.09 bits per heavy atom. The second kappa shape index (κ2) is 9.68. The number of thiophene rings is 1. The highest BCUT2D eigenvalue weighted by atomic mass is 32.2. The van der Waals surface area contributed by atoms with Crippen LogP contribution >= 0.6 is 11.3 Å². The molecule has 1 aromatic carbocycles. The van der Waals surface area contributed by atoms with Crippen molar-refractivity contribution in [3.63, 3.8) is 0 Å². The quantitative estimate of drug-likeness (QED) is 0.483. The van der Waals surface area contributed by atoms with Crippen molar-refractivity contribution in [2.24, 2.45) is 0 Å². The van der Waals surface area contributed by atoms with Gasteiger partial charge >= 0.3 is 0 Å². The first-order valence-electron chi connectivity index (χ1n) is 10.1. The van der Waals surface area contributed by atoms with E-state index in [-0.39, 0.29) is 15.9 Å². The van der Waals surface area contributed by atoms with Crippen molar-refractivity contribution in [2.45, 2.75) is 36.0 Å². The summed E-state index contributed by atoms with van der Waals surface area (Å²) in [6.07, 6.45) is 5.87. The molecule has 1 saturated carbocycles. The molecule has 2 N–H and O–H groups in total. The lowest BCUT2D eigenvalue weighted by Crippen LogP contribution is -2.41. The molecule has 0 radical (unpaired) electrons. The summed E-state index contributed by atoms with van der Waals surface area (Å²) in [5.74, 6) is 0.386. The lowest BCUT2D eigenvalue weighted by atomic mass is 10.2. The van der Waals surface area contributed by atoms with Crippen molar-refractivity contribution in [2.75, 3.05) is 7.11 Å². The van der Waals surface area contributed by atoms with E-state index < -0.39 is 15.9 Å². The molecule has 0 aliphatic heterocycles. The number of carbonyl (C=O) groups is 1. The van der Waals surface area contributed by atoms with Crippen molar-refractivity contribution in [3.8, 4) is 22.1 Å². The molecule has 2 heterocycles. The van der Waals surface area contributed by atoms with E-state index in [1.54, 1.807) is 42.6 Å². The van der Waals surface area contributed by atoms with Gasteiger partial charge in [0.2, 0.25) is 0 Å². The van der Waals surface area contributed by atoms with Gasteiger partial charge in [-0.25, -0.2) is 8.42 Å². The number of carbonyl (C=O) groups excluding carboxylic acids is 1. The number of methoxy groups -OCH3 is 1. The molecule has 2 aromatic heterocycles. The Morgan fingerprint density at radius 3 is 2.62 bits per heavy atom. The summed E-state index contributed by atoms with van der Waals surface area (Å²) < 4.78 is 36.7. The average Bonchev–Trinajstić information content (AvgIpc) is 3.51. The first-order chi connectivity index (χ1) is 15.5. The third kappa shape index (κ3) is 5.09. The maximum absolute atomic E-state index is 12.6. The molecule has 8 nitrogen and oxygen atoms in total. The number of pyridine rings is 1. The van der Waals surface area contributed by atoms with E-state index >= 15 is 0 Å². The third-order valence-corrected chi connectivity index (χ3v) is 7.93. The molecule has 168 valence electrons. The van der Waals surface area contributed by atoms with Crippen LogP contribution in [0, 0.1) is 0 Å². The number of nitrogens with one attached hydrogen (secondary N) is 2. The van der Waals surface area contributed by atoms with Crippen molar-refractivity contribution in [3.05, 3.63) is 60.3 Å². The van der Waals surface area contributed by atoms with Crippen LogP contribution in [0.25, 0.3) is 10.6 Å². The molecule has 32 heavy (non-hydrogen) atoms. The minimum Gasteiger partial charge on any atom is -0.493 e. The fourth-order valence-corrected chi connectivity index (χ4v) is 5.56. The predicted octanol–water partition coefficient (Wildman–Crippen LogP) is 3.76. The van der Waals surface area contributed by atoms with Gasteiger partial charge in [0.05, 0.1) is 23.8 Å². The Morgan fingerprint density at radius 2 is 1.91 bits per heavy atom. The fraction of sp³-hybridized carbons (Fsp3) is 0.273. The number of aromatic nitrogens is 1. The van der Waals surface area contributed by atoms with E-state index in [2.05, 4.69) is 15.2 Å². The molecule has 1 aliphatic rings. The number of ether oxygens (including phenoxy) is 2.